The zero-order valence-electron chi connectivity index (χ0n) is 16.2. The lowest BCUT2D eigenvalue weighted by Crippen LogP contribution is -2.33. The van der Waals surface area contributed by atoms with Crippen LogP contribution >= 0.6 is 23.2 Å². The van der Waals surface area contributed by atoms with Crippen LogP contribution in [0.3, 0.4) is 0 Å². The van der Waals surface area contributed by atoms with Gasteiger partial charge in [0.1, 0.15) is 18.1 Å². The SMILES string of the molecule is CC(Oc1ccc(Cl)cc1Cl)C(=O)N/N=C/c1ccc(OCc2ccccc2)cc1. The second kappa shape index (κ2) is 10.7. The molecule has 154 valence electrons. The Kier molecular flexibility index (Phi) is 7.71. The standard InChI is InChI=1S/C23H20Cl2N2O3/c1-16(30-22-12-9-19(24)13-21(22)25)23(28)27-26-14-17-7-10-20(11-8-17)29-15-18-5-3-2-4-6-18/h2-14,16H,15H2,1H3,(H,27,28)/b26-14+. The second-order valence-corrected chi connectivity index (χ2v) is 7.26. The fourth-order valence-electron chi connectivity index (χ4n) is 2.47. The van der Waals surface area contributed by atoms with Crippen LogP contribution in [-0.4, -0.2) is 18.2 Å². The topological polar surface area (TPSA) is 59.9 Å². The smallest absolute Gasteiger partial charge is 0.280 e. The number of rotatable bonds is 8. The molecule has 3 aromatic carbocycles. The Labute approximate surface area is 185 Å². The summed E-state index contributed by atoms with van der Waals surface area (Å²) in [6, 6.07) is 22.1. The van der Waals surface area contributed by atoms with Crippen molar-refractivity contribution in [1.29, 1.82) is 0 Å². The zero-order valence-corrected chi connectivity index (χ0v) is 17.7. The molecule has 30 heavy (non-hydrogen) atoms. The lowest BCUT2D eigenvalue weighted by Gasteiger charge is -2.14. The molecule has 3 rings (SSSR count). The van der Waals surface area contributed by atoms with Gasteiger partial charge in [0.15, 0.2) is 6.10 Å². The molecule has 0 aliphatic carbocycles. The molecule has 0 bridgehead atoms. The van der Waals surface area contributed by atoms with Gasteiger partial charge in [-0.2, -0.15) is 5.10 Å². The molecule has 1 amide bonds. The molecule has 0 saturated heterocycles. The van der Waals surface area contributed by atoms with Gasteiger partial charge in [0.25, 0.3) is 5.91 Å². The van der Waals surface area contributed by atoms with Crippen molar-refractivity contribution >= 4 is 35.3 Å². The first-order valence-electron chi connectivity index (χ1n) is 9.22. The van der Waals surface area contributed by atoms with Gasteiger partial charge in [-0.15, -0.1) is 0 Å². The summed E-state index contributed by atoms with van der Waals surface area (Å²) in [5, 5.41) is 4.79. The highest BCUT2D eigenvalue weighted by molar-refractivity contribution is 6.35. The fourth-order valence-corrected chi connectivity index (χ4v) is 2.92. The first-order valence-corrected chi connectivity index (χ1v) is 9.98. The molecule has 1 N–H and O–H groups in total. The molecule has 5 nitrogen and oxygen atoms in total. The van der Waals surface area contributed by atoms with Crippen molar-refractivity contribution in [3.8, 4) is 11.5 Å². The van der Waals surface area contributed by atoms with E-state index in [4.69, 9.17) is 32.7 Å². The van der Waals surface area contributed by atoms with Crippen molar-refractivity contribution in [3.05, 3.63) is 94.0 Å². The number of amides is 1. The Morgan fingerprint density at radius 1 is 1.07 bits per heavy atom. The molecule has 1 unspecified atom stereocenters. The minimum Gasteiger partial charge on any atom is -0.489 e. The summed E-state index contributed by atoms with van der Waals surface area (Å²) < 4.78 is 11.3. The maximum Gasteiger partial charge on any atom is 0.280 e. The van der Waals surface area contributed by atoms with Crippen molar-refractivity contribution < 1.29 is 14.3 Å². The third kappa shape index (κ3) is 6.51. The molecule has 0 aromatic heterocycles. The van der Waals surface area contributed by atoms with Crippen LogP contribution in [0.25, 0.3) is 0 Å². The van der Waals surface area contributed by atoms with E-state index < -0.39 is 12.0 Å². The maximum atomic E-state index is 12.2. The molecule has 0 aliphatic rings. The number of hydrogen-bond donors (Lipinski definition) is 1. The number of hydrazone groups is 1. The molecule has 0 fully saturated rings. The van der Waals surface area contributed by atoms with E-state index in [9.17, 15) is 4.79 Å². The first-order chi connectivity index (χ1) is 14.5. The van der Waals surface area contributed by atoms with E-state index >= 15 is 0 Å². The van der Waals surface area contributed by atoms with Crippen LogP contribution in [-0.2, 0) is 11.4 Å². The number of ether oxygens (including phenoxy) is 2. The number of benzene rings is 3. The Morgan fingerprint density at radius 2 is 1.80 bits per heavy atom. The van der Waals surface area contributed by atoms with Crippen molar-refractivity contribution in [1.82, 2.24) is 5.43 Å². The number of nitrogens with one attached hydrogen (secondary N) is 1. The highest BCUT2D eigenvalue weighted by Gasteiger charge is 2.15. The molecule has 3 aromatic rings. The quantitative estimate of drug-likeness (QED) is 0.370. The normalized spacial score (nSPS) is 11.8. The molecule has 0 aliphatic heterocycles. The van der Waals surface area contributed by atoms with Crippen LogP contribution < -0.4 is 14.9 Å². The van der Waals surface area contributed by atoms with E-state index in [1.807, 2.05) is 54.6 Å². The van der Waals surface area contributed by atoms with Crippen LogP contribution in [0, 0.1) is 0 Å². The van der Waals surface area contributed by atoms with Crippen LogP contribution in [0.2, 0.25) is 10.0 Å². The van der Waals surface area contributed by atoms with Crippen molar-refractivity contribution in [2.75, 3.05) is 0 Å². The van der Waals surface area contributed by atoms with E-state index in [2.05, 4.69) is 10.5 Å². The minimum atomic E-state index is -0.783. The summed E-state index contributed by atoms with van der Waals surface area (Å²) >= 11 is 11.9. The van der Waals surface area contributed by atoms with Gasteiger partial charge in [-0.25, -0.2) is 5.43 Å². The Bertz CT molecular complexity index is 1010. The number of hydrogen-bond acceptors (Lipinski definition) is 4. The highest BCUT2D eigenvalue weighted by atomic mass is 35.5. The van der Waals surface area contributed by atoms with Gasteiger partial charge in [-0.3, -0.25) is 4.79 Å². The van der Waals surface area contributed by atoms with Gasteiger partial charge in [-0.1, -0.05) is 53.5 Å². The number of carbonyl (C=O) groups is 1. The van der Waals surface area contributed by atoms with E-state index in [0.29, 0.717) is 22.4 Å². The summed E-state index contributed by atoms with van der Waals surface area (Å²) in [6.45, 7) is 2.11. The van der Waals surface area contributed by atoms with Gasteiger partial charge < -0.3 is 9.47 Å². The lowest BCUT2D eigenvalue weighted by atomic mass is 10.2. The Balaban J connectivity index is 1.47. The van der Waals surface area contributed by atoms with Gasteiger partial charge in [0.2, 0.25) is 0 Å². The van der Waals surface area contributed by atoms with Gasteiger partial charge in [-0.05, 0) is 60.5 Å². The van der Waals surface area contributed by atoms with Crippen LogP contribution in [0.1, 0.15) is 18.1 Å². The van der Waals surface area contributed by atoms with Gasteiger partial charge in [0, 0.05) is 5.02 Å². The predicted molar refractivity (Wildman–Crippen MR) is 120 cm³/mol. The van der Waals surface area contributed by atoms with E-state index in [0.717, 1.165) is 16.9 Å². The monoisotopic (exact) mass is 442 g/mol. The fraction of sp³-hybridized carbons (Fsp3) is 0.130. The largest absolute Gasteiger partial charge is 0.489 e. The minimum absolute atomic E-state index is 0.334. The van der Waals surface area contributed by atoms with Gasteiger partial charge >= 0.3 is 0 Å². The summed E-state index contributed by atoms with van der Waals surface area (Å²) in [4.78, 5) is 12.2. The maximum absolute atomic E-state index is 12.2. The summed E-state index contributed by atoms with van der Waals surface area (Å²) in [7, 11) is 0. The number of nitrogens with zero attached hydrogens (tertiary/aromatic N) is 1. The van der Waals surface area contributed by atoms with E-state index in [1.54, 1.807) is 31.3 Å². The summed E-state index contributed by atoms with van der Waals surface area (Å²) in [5.41, 5.74) is 4.36. The van der Waals surface area contributed by atoms with E-state index in [1.165, 1.54) is 0 Å². The first kappa shape index (κ1) is 21.7. The molecule has 0 radical (unpaired) electrons. The number of halogens is 2. The Hall–Kier alpha value is -3.02. The third-order valence-corrected chi connectivity index (χ3v) is 4.61. The van der Waals surface area contributed by atoms with Crippen LogP contribution in [0.4, 0.5) is 0 Å². The van der Waals surface area contributed by atoms with E-state index in [-0.39, 0.29) is 0 Å². The molecular weight excluding hydrogens is 423 g/mol. The molecule has 0 saturated carbocycles. The molecule has 0 spiro atoms. The molecule has 0 heterocycles. The van der Waals surface area contributed by atoms with Crippen LogP contribution in [0.15, 0.2) is 77.9 Å². The van der Waals surface area contributed by atoms with Crippen LogP contribution in [0.5, 0.6) is 11.5 Å². The van der Waals surface area contributed by atoms with Crippen molar-refractivity contribution in [2.45, 2.75) is 19.6 Å². The van der Waals surface area contributed by atoms with Crippen molar-refractivity contribution in [2.24, 2.45) is 5.10 Å². The van der Waals surface area contributed by atoms with Gasteiger partial charge in [0.05, 0.1) is 11.2 Å². The average Bonchev–Trinajstić information content (AvgIpc) is 2.75. The third-order valence-electron chi connectivity index (χ3n) is 4.08. The average molecular weight is 443 g/mol. The second-order valence-electron chi connectivity index (χ2n) is 6.41. The lowest BCUT2D eigenvalue weighted by molar-refractivity contribution is -0.127. The number of carbonyl (C=O) groups excluding carboxylic acids is 1. The zero-order chi connectivity index (χ0) is 21.3. The molecule has 1 atom stereocenters. The summed E-state index contributed by atoms with van der Waals surface area (Å²) in [6.07, 6.45) is 0.760. The summed E-state index contributed by atoms with van der Waals surface area (Å²) in [5.74, 6) is 0.723. The molecular formula is C23H20Cl2N2O3. The highest BCUT2D eigenvalue weighted by Crippen LogP contribution is 2.28. The van der Waals surface area contributed by atoms with Crippen molar-refractivity contribution in [3.63, 3.8) is 0 Å². The Morgan fingerprint density at radius 3 is 2.50 bits per heavy atom. The predicted octanol–water partition coefficient (Wildman–Crippen LogP) is 5.49. The molecule has 7 heteroatoms.